The van der Waals surface area contributed by atoms with Gasteiger partial charge in [-0.3, -0.25) is 9.59 Å². The molecule has 0 atom stereocenters. The van der Waals surface area contributed by atoms with E-state index in [1.54, 1.807) is 6.92 Å². The van der Waals surface area contributed by atoms with Crippen LogP contribution in [0.3, 0.4) is 0 Å². The molecule has 6 heteroatoms. The summed E-state index contributed by atoms with van der Waals surface area (Å²) in [5.41, 5.74) is 6.25. The third kappa shape index (κ3) is 4.96. The maximum absolute atomic E-state index is 12.2. The molecule has 0 bridgehead atoms. The lowest BCUT2D eigenvalue weighted by molar-refractivity contribution is -0.144. The molecule has 3 aromatic rings. The molecule has 3 N–H and O–H groups in total. The summed E-state index contributed by atoms with van der Waals surface area (Å²) < 4.78 is 4.87. The third-order valence-corrected chi connectivity index (χ3v) is 5.60. The molecule has 1 aromatic heterocycles. The zero-order valence-corrected chi connectivity index (χ0v) is 19.7. The summed E-state index contributed by atoms with van der Waals surface area (Å²) in [6.07, 6.45) is 0.141. The van der Waals surface area contributed by atoms with Crippen LogP contribution in [-0.2, 0) is 19.7 Å². The second kappa shape index (κ2) is 9.07. The predicted octanol–water partition coefficient (Wildman–Crippen LogP) is 5.74. The van der Waals surface area contributed by atoms with Gasteiger partial charge in [0, 0.05) is 34.3 Å². The van der Waals surface area contributed by atoms with Gasteiger partial charge in [0.2, 0.25) is 5.91 Å². The molecular weight excluding hydrogens is 404 g/mol. The highest BCUT2D eigenvalue weighted by Gasteiger charge is 2.22. The van der Waals surface area contributed by atoms with Crippen LogP contribution in [-0.4, -0.2) is 28.6 Å². The van der Waals surface area contributed by atoms with Crippen LogP contribution in [0.5, 0.6) is 5.75 Å². The van der Waals surface area contributed by atoms with Gasteiger partial charge >= 0.3 is 5.97 Å². The number of amides is 1. The number of fused-ring (bicyclic) bond motifs is 1. The number of phenols is 1. The van der Waals surface area contributed by atoms with E-state index in [0.717, 1.165) is 38.9 Å². The Labute approximate surface area is 189 Å². The van der Waals surface area contributed by atoms with Crippen molar-refractivity contribution in [1.29, 1.82) is 0 Å². The molecular formula is C26H32N2O4. The number of phenolic OH excluding ortho intramolecular Hbond substituents is 1. The van der Waals surface area contributed by atoms with Crippen LogP contribution in [0.25, 0.3) is 22.2 Å². The number of benzene rings is 2. The van der Waals surface area contributed by atoms with Crippen LogP contribution in [0.4, 0.5) is 5.69 Å². The van der Waals surface area contributed by atoms with Gasteiger partial charge in [-0.1, -0.05) is 20.8 Å². The number of aromatic hydroxyl groups is 1. The minimum atomic E-state index is -0.372. The molecule has 3 rings (SSSR count). The van der Waals surface area contributed by atoms with E-state index in [1.807, 2.05) is 44.2 Å². The smallest absolute Gasteiger partial charge is 0.306 e. The number of hydrogen-bond acceptors (Lipinski definition) is 4. The van der Waals surface area contributed by atoms with Crippen molar-refractivity contribution in [1.82, 2.24) is 4.98 Å². The molecule has 0 unspecified atom stereocenters. The van der Waals surface area contributed by atoms with Gasteiger partial charge in [-0.2, -0.15) is 0 Å². The van der Waals surface area contributed by atoms with Crippen LogP contribution in [0.1, 0.15) is 57.2 Å². The number of ether oxygens (including phenoxy) is 1. The molecule has 6 nitrogen and oxygen atoms in total. The van der Waals surface area contributed by atoms with Crippen LogP contribution >= 0.6 is 0 Å². The van der Waals surface area contributed by atoms with E-state index in [4.69, 9.17) is 4.74 Å². The van der Waals surface area contributed by atoms with Crippen LogP contribution in [0.15, 0.2) is 30.3 Å². The highest BCUT2D eigenvalue weighted by atomic mass is 16.5. The van der Waals surface area contributed by atoms with Gasteiger partial charge in [-0.25, -0.2) is 0 Å². The van der Waals surface area contributed by atoms with Gasteiger partial charge in [0.15, 0.2) is 0 Å². The summed E-state index contributed by atoms with van der Waals surface area (Å²) in [6.45, 7) is 12.3. The fraction of sp³-hybridized carbons (Fsp3) is 0.385. The van der Waals surface area contributed by atoms with Crippen molar-refractivity contribution in [3.8, 4) is 17.0 Å². The molecule has 2 aromatic carbocycles. The van der Waals surface area contributed by atoms with Crippen LogP contribution in [0.2, 0.25) is 0 Å². The Kier molecular flexibility index (Phi) is 6.63. The number of aryl methyl sites for hydroxylation is 2. The average Bonchev–Trinajstić information content (AvgIpc) is 3.04. The summed E-state index contributed by atoms with van der Waals surface area (Å²) in [5, 5.41) is 14.4. The fourth-order valence-electron chi connectivity index (χ4n) is 3.86. The Morgan fingerprint density at radius 3 is 2.47 bits per heavy atom. The van der Waals surface area contributed by atoms with E-state index < -0.39 is 0 Å². The third-order valence-electron chi connectivity index (χ3n) is 5.60. The van der Waals surface area contributed by atoms with Crippen molar-refractivity contribution in [3.05, 3.63) is 47.0 Å². The van der Waals surface area contributed by atoms with Gasteiger partial charge in [0.1, 0.15) is 5.75 Å². The average molecular weight is 437 g/mol. The van der Waals surface area contributed by atoms with Crippen LogP contribution < -0.4 is 5.32 Å². The van der Waals surface area contributed by atoms with E-state index in [9.17, 15) is 14.7 Å². The molecule has 0 radical (unpaired) electrons. The van der Waals surface area contributed by atoms with Crippen molar-refractivity contribution in [2.24, 2.45) is 0 Å². The summed E-state index contributed by atoms with van der Waals surface area (Å²) in [4.78, 5) is 27.2. The predicted molar refractivity (Wildman–Crippen MR) is 128 cm³/mol. The lowest BCUT2D eigenvalue weighted by Gasteiger charge is -2.22. The number of esters is 1. The van der Waals surface area contributed by atoms with Crippen molar-refractivity contribution in [2.75, 3.05) is 11.9 Å². The molecule has 32 heavy (non-hydrogen) atoms. The first-order valence-electron chi connectivity index (χ1n) is 10.9. The van der Waals surface area contributed by atoms with E-state index in [0.29, 0.717) is 18.0 Å². The Balaban J connectivity index is 1.90. The second-order valence-corrected chi connectivity index (χ2v) is 9.18. The van der Waals surface area contributed by atoms with Crippen molar-refractivity contribution >= 4 is 28.5 Å². The minimum absolute atomic E-state index is 0.0611. The summed E-state index contributed by atoms with van der Waals surface area (Å²) in [5.74, 6) is -0.263. The molecule has 0 aliphatic heterocycles. The van der Waals surface area contributed by atoms with Crippen molar-refractivity contribution in [2.45, 2.75) is 59.8 Å². The Hall–Kier alpha value is -3.28. The van der Waals surface area contributed by atoms with E-state index in [2.05, 4.69) is 31.1 Å². The summed E-state index contributed by atoms with van der Waals surface area (Å²) in [6, 6.07) is 9.74. The quantitative estimate of drug-likeness (QED) is 0.430. The maximum atomic E-state index is 12.2. The lowest BCUT2D eigenvalue weighted by Crippen LogP contribution is -2.14. The Bertz CT molecular complexity index is 1170. The van der Waals surface area contributed by atoms with Crippen molar-refractivity contribution < 1.29 is 19.4 Å². The highest BCUT2D eigenvalue weighted by Crippen LogP contribution is 2.39. The molecule has 0 aliphatic rings. The van der Waals surface area contributed by atoms with E-state index >= 15 is 0 Å². The Morgan fingerprint density at radius 1 is 1.09 bits per heavy atom. The molecule has 1 amide bonds. The number of nitrogens with one attached hydrogen (secondary N) is 2. The van der Waals surface area contributed by atoms with Gasteiger partial charge in [-0.15, -0.1) is 0 Å². The number of carbonyl (C=O) groups is 2. The minimum Gasteiger partial charge on any atom is -0.507 e. The first-order chi connectivity index (χ1) is 15.0. The van der Waals surface area contributed by atoms with E-state index in [-0.39, 0.29) is 30.1 Å². The van der Waals surface area contributed by atoms with Gasteiger partial charge in [0.25, 0.3) is 0 Å². The van der Waals surface area contributed by atoms with Gasteiger partial charge in [-0.05, 0) is 73.2 Å². The number of carbonyl (C=O) groups excluding carboxylic acids is 2. The summed E-state index contributed by atoms with van der Waals surface area (Å²) >= 11 is 0. The van der Waals surface area contributed by atoms with Gasteiger partial charge in [0.05, 0.1) is 13.0 Å². The molecule has 0 aliphatic carbocycles. The monoisotopic (exact) mass is 436 g/mol. The second-order valence-electron chi connectivity index (χ2n) is 9.18. The SMILES string of the molecule is CCOC(=O)CCC(=O)Nc1ccc2[nH]c(-c3cc(C)c(O)c(C(C)(C)C)c3)c(C)c2c1. The molecule has 0 saturated carbocycles. The fourth-order valence-corrected chi connectivity index (χ4v) is 3.86. The molecule has 170 valence electrons. The number of aromatic amines is 1. The zero-order valence-electron chi connectivity index (χ0n) is 19.7. The number of hydrogen-bond donors (Lipinski definition) is 3. The van der Waals surface area contributed by atoms with Crippen LogP contribution in [0, 0.1) is 13.8 Å². The molecule has 1 heterocycles. The number of rotatable bonds is 6. The standard InChI is InChI=1S/C26H32N2O4/c1-7-32-23(30)11-10-22(29)27-18-8-9-21-19(14-18)16(3)24(28-21)17-12-15(2)25(31)20(13-17)26(4,5)6/h8-9,12-14,28,31H,7,10-11H2,1-6H3,(H,27,29). The molecule has 0 fully saturated rings. The largest absolute Gasteiger partial charge is 0.507 e. The number of anilines is 1. The molecule has 0 saturated heterocycles. The van der Waals surface area contributed by atoms with Crippen molar-refractivity contribution in [3.63, 3.8) is 0 Å². The molecule has 0 spiro atoms. The summed E-state index contributed by atoms with van der Waals surface area (Å²) in [7, 11) is 0. The van der Waals surface area contributed by atoms with E-state index in [1.165, 1.54) is 0 Å². The number of aromatic nitrogens is 1. The first kappa shape index (κ1) is 23.4. The normalized spacial score (nSPS) is 11.6. The first-order valence-corrected chi connectivity index (χ1v) is 10.9. The highest BCUT2D eigenvalue weighted by molar-refractivity contribution is 5.97. The lowest BCUT2D eigenvalue weighted by atomic mass is 9.83. The zero-order chi connectivity index (χ0) is 23.6. The topological polar surface area (TPSA) is 91.4 Å². The maximum Gasteiger partial charge on any atom is 0.306 e. The van der Waals surface area contributed by atoms with Gasteiger partial charge < -0.3 is 20.1 Å². The number of H-pyrrole nitrogens is 1. The Morgan fingerprint density at radius 2 is 1.81 bits per heavy atom.